The molecule has 3 nitrogen and oxygen atoms in total. The number of methoxy groups -OCH3 is 1. The van der Waals surface area contributed by atoms with Crippen molar-refractivity contribution in [2.24, 2.45) is 0 Å². The molecule has 0 saturated carbocycles. The third kappa shape index (κ3) is 2.95. The first-order valence-corrected chi connectivity index (χ1v) is 5.23. The zero-order valence-electron chi connectivity index (χ0n) is 7.83. The molecule has 1 aromatic carbocycles. The van der Waals surface area contributed by atoms with E-state index in [4.69, 9.17) is 9.47 Å². The number of rotatable bonds is 5. The molecule has 0 spiro atoms. The van der Waals surface area contributed by atoms with Gasteiger partial charge in [-0.3, -0.25) is 4.79 Å². The molecule has 0 atom stereocenters. The molecular formula is C10H11IO3. The molecule has 0 heterocycles. The zero-order chi connectivity index (χ0) is 10.4. The number of hydrogen-bond acceptors (Lipinski definition) is 3. The van der Waals surface area contributed by atoms with E-state index in [1.165, 1.54) is 0 Å². The fourth-order valence-electron chi connectivity index (χ4n) is 0.998. The zero-order valence-corrected chi connectivity index (χ0v) is 9.98. The van der Waals surface area contributed by atoms with Crippen LogP contribution >= 0.6 is 22.6 Å². The first-order chi connectivity index (χ1) is 6.79. The summed E-state index contributed by atoms with van der Waals surface area (Å²) in [6.45, 7) is 0.973. The Morgan fingerprint density at radius 1 is 1.43 bits per heavy atom. The fraction of sp³-hybridized carbons (Fsp3) is 0.300. The van der Waals surface area contributed by atoms with E-state index >= 15 is 0 Å². The fourth-order valence-corrected chi connectivity index (χ4v) is 1.67. The van der Waals surface area contributed by atoms with Crippen molar-refractivity contribution in [2.75, 3.05) is 20.3 Å². The molecular weight excluding hydrogens is 295 g/mol. The molecule has 0 saturated heterocycles. The van der Waals surface area contributed by atoms with E-state index in [0.717, 1.165) is 9.86 Å². The highest BCUT2D eigenvalue weighted by molar-refractivity contribution is 14.1. The molecule has 4 heteroatoms. The van der Waals surface area contributed by atoms with Crippen LogP contribution in [0.1, 0.15) is 10.4 Å². The molecule has 0 bridgehead atoms. The van der Waals surface area contributed by atoms with E-state index in [2.05, 4.69) is 22.6 Å². The van der Waals surface area contributed by atoms with Crippen molar-refractivity contribution in [3.8, 4) is 5.75 Å². The summed E-state index contributed by atoms with van der Waals surface area (Å²) in [6, 6.07) is 5.46. The summed E-state index contributed by atoms with van der Waals surface area (Å²) < 4.78 is 11.2. The number of aldehydes is 1. The molecule has 0 unspecified atom stereocenters. The minimum absolute atomic E-state index is 0.456. The lowest BCUT2D eigenvalue weighted by Crippen LogP contribution is -2.06. The van der Waals surface area contributed by atoms with Gasteiger partial charge in [-0.15, -0.1) is 0 Å². The maximum Gasteiger partial charge on any atom is 0.153 e. The normalized spacial score (nSPS) is 9.86. The Labute approximate surface area is 96.5 Å². The van der Waals surface area contributed by atoms with Gasteiger partial charge in [-0.2, -0.15) is 0 Å². The van der Waals surface area contributed by atoms with Gasteiger partial charge >= 0.3 is 0 Å². The van der Waals surface area contributed by atoms with E-state index in [1.807, 2.05) is 12.1 Å². The second kappa shape index (κ2) is 5.98. The predicted octanol–water partition coefficient (Wildman–Crippen LogP) is 2.13. The van der Waals surface area contributed by atoms with Crippen LogP contribution in [0.4, 0.5) is 0 Å². The van der Waals surface area contributed by atoms with E-state index in [-0.39, 0.29) is 0 Å². The Balaban J connectivity index is 2.77. The number of carbonyl (C=O) groups is 1. The number of ether oxygens (including phenoxy) is 2. The van der Waals surface area contributed by atoms with Gasteiger partial charge in [0.05, 0.1) is 15.7 Å². The van der Waals surface area contributed by atoms with Gasteiger partial charge in [0.15, 0.2) is 6.29 Å². The lowest BCUT2D eigenvalue weighted by Gasteiger charge is -2.09. The molecule has 0 amide bonds. The highest BCUT2D eigenvalue weighted by Gasteiger charge is 2.06. The summed E-state index contributed by atoms with van der Waals surface area (Å²) in [5.41, 5.74) is 0.577. The first kappa shape index (κ1) is 11.5. The van der Waals surface area contributed by atoms with Gasteiger partial charge in [-0.05, 0) is 34.7 Å². The Bertz CT molecular complexity index is 312. The average molecular weight is 306 g/mol. The van der Waals surface area contributed by atoms with Crippen LogP contribution in [0.3, 0.4) is 0 Å². The van der Waals surface area contributed by atoms with Crippen LogP contribution in [-0.2, 0) is 4.74 Å². The third-order valence-corrected chi connectivity index (χ3v) is 2.51. The van der Waals surface area contributed by atoms with Gasteiger partial charge in [-0.1, -0.05) is 6.07 Å². The first-order valence-electron chi connectivity index (χ1n) is 4.15. The molecule has 0 aliphatic heterocycles. The van der Waals surface area contributed by atoms with Crippen LogP contribution in [0.2, 0.25) is 0 Å². The summed E-state index contributed by atoms with van der Waals surface area (Å²) in [7, 11) is 1.61. The Morgan fingerprint density at radius 2 is 2.21 bits per heavy atom. The topological polar surface area (TPSA) is 35.5 Å². The van der Waals surface area contributed by atoms with Crippen molar-refractivity contribution in [3.05, 3.63) is 27.3 Å². The Morgan fingerprint density at radius 3 is 2.86 bits per heavy atom. The van der Waals surface area contributed by atoms with E-state index in [0.29, 0.717) is 24.5 Å². The monoisotopic (exact) mass is 306 g/mol. The van der Waals surface area contributed by atoms with Gasteiger partial charge in [0.1, 0.15) is 12.4 Å². The summed E-state index contributed by atoms with van der Waals surface area (Å²) in [5, 5.41) is 0. The number of halogens is 1. The highest BCUT2D eigenvalue weighted by atomic mass is 127. The standard InChI is InChI=1S/C10H11IO3/c1-13-5-6-14-10-8(7-12)3-2-4-9(10)11/h2-4,7H,5-6H2,1H3. The average Bonchev–Trinajstić information content (AvgIpc) is 2.20. The van der Waals surface area contributed by atoms with Crippen LogP contribution < -0.4 is 4.74 Å². The largest absolute Gasteiger partial charge is 0.489 e. The number of hydrogen-bond donors (Lipinski definition) is 0. The van der Waals surface area contributed by atoms with Crippen molar-refractivity contribution in [3.63, 3.8) is 0 Å². The lowest BCUT2D eigenvalue weighted by atomic mass is 10.2. The van der Waals surface area contributed by atoms with Crippen molar-refractivity contribution < 1.29 is 14.3 Å². The molecule has 0 N–H and O–H groups in total. The summed E-state index contributed by atoms with van der Waals surface area (Å²) in [4.78, 5) is 10.7. The minimum atomic E-state index is 0.456. The predicted molar refractivity (Wildman–Crippen MR) is 61.9 cm³/mol. The van der Waals surface area contributed by atoms with E-state index in [1.54, 1.807) is 13.2 Å². The molecule has 14 heavy (non-hydrogen) atoms. The van der Waals surface area contributed by atoms with Gasteiger partial charge < -0.3 is 9.47 Å². The Hall–Kier alpha value is -0.620. The summed E-state index contributed by atoms with van der Waals surface area (Å²) in [6.07, 6.45) is 0.796. The molecule has 0 aliphatic carbocycles. The molecule has 0 aliphatic rings. The van der Waals surface area contributed by atoms with Crippen LogP contribution in [0, 0.1) is 3.57 Å². The third-order valence-electron chi connectivity index (χ3n) is 1.66. The van der Waals surface area contributed by atoms with Crippen molar-refractivity contribution in [1.29, 1.82) is 0 Å². The summed E-state index contributed by atoms with van der Waals surface area (Å²) >= 11 is 2.14. The minimum Gasteiger partial charge on any atom is -0.489 e. The van der Waals surface area contributed by atoms with E-state index in [9.17, 15) is 4.79 Å². The molecule has 0 radical (unpaired) electrons. The van der Waals surface area contributed by atoms with Gasteiger partial charge in [0.2, 0.25) is 0 Å². The lowest BCUT2D eigenvalue weighted by molar-refractivity contribution is 0.111. The van der Waals surface area contributed by atoms with Crippen molar-refractivity contribution in [1.82, 2.24) is 0 Å². The quantitative estimate of drug-likeness (QED) is 0.475. The van der Waals surface area contributed by atoms with Crippen LogP contribution in [-0.4, -0.2) is 26.6 Å². The van der Waals surface area contributed by atoms with Crippen LogP contribution in [0.25, 0.3) is 0 Å². The molecule has 1 aromatic rings. The molecule has 76 valence electrons. The maximum absolute atomic E-state index is 10.7. The number of carbonyl (C=O) groups excluding carboxylic acids is 1. The second-order valence-electron chi connectivity index (χ2n) is 2.62. The van der Waals surface area contributed by atoms with Crippen LogP contribution in [0.15, 0.2) is 18.2 Å². The maximum atomic E-state index is 10.7. The Kier molecular flexibility index (Phi) is 4.89. The highest BCUT2D eigenvalue weighted by Crippen LogP contribution is 2.24. The van der Waals surface area contributed by atoms with Crippen molar-refractivity contribution >= 4 is 28.9 Å². The molecule has 0 aromatic heterocycles. The SMILES string of the molecule is COCCOc1c(I)cccc1C=O. The van der Waals surface area contributed by atoms with E-state index < -0.39 is 0 Å². The van der Waals surface area contributed by atoms with Gasteiger partial charge in [-0.25, -0.2) is 0 Å². The second-order valence-corrected chi connectivity index (χ2v) is 3.78. The smallest absolute Gasteiger partial charge is 0.153 e. The van der Waals surface area contributed by atoms with Gasteiger partial charge in [0, 0.05) is 7.11 Å². The summed E-state index contributed by atoms with van der Waals surface area (Å²) in [5.74, 6) is 0.639. The number of benzene rings is 1. The van der Waals surface area contributed by atoms with Crippen molar-refractivity contribution in [2.45, 2.75) is 0 Å². The number of para-hydroxylation sites is 1. The van der Waals surface area contributed by atoms with Crippen LogP contribution in [0.5, 0.6) is 5.75 Å². The van der Waals surface area contributed by atoms with Gasteiger partial charge in [0.25, 0.3) is 0 Å². The molecule has 0 fully saturated rings. The molecule has 1 rings (SSSR count).